The van der Waals surface area contributed by atoms with E-state index in [4.69, 9.17) is 15.5 Å². The largest absolute Gasteiger partial charge is 0.462 e. The number of ether oxygens (including phenoxy) is 1. The number of rotatable bonds is 5. The summed E-state index contributed by atoms with van der Waals surface area (Å²) in [5, 5.41) is 0. The number of benzene rings is 3. The molecule has 0 aliphatic carbocycles. The van der Waals surface area contributed by atoms with Crippen molar-refractivity contribution < 1.29 is 9.53 Å². The van der Waals surface area contributed by atoms with Crippen molar-refractivity contribution in [1.29, 1.82) is 0 Å². The first-order valence-electron chi connectivity index (χ1n) is 9.72. The lowest BCUT2D eigenvalue weighted by Crippen LogP contribution is -2.41. The van der Waals surface area contributed by atoms with Gasteiger partial charge in [-0.25, -0.2) is 9.79 Å². The Morgan fingerprint density at radius 1 is 0.967 bits per heavy atom. The summed E-state index contributed by atoms with van der Waals surface area (Å²) in [7, 11) is 0. The van der Waals surface area contributed by atoms with Gasteiger partial charge < -0.3 is 10.5 Å². The van der Waals surface area contributed by atoms with Crippen LogP contribution in [0.1, 0.15) is 23.6 Å². The SMILES string of the molecule is CCOC(=O)C1=C(N)N=C(c2cccc(Br)c2)C1(c1ccccc1)c1ccccc1. The summed E-state index contributed by atoms with van der Waals surface area (Å²) in [6, 6.07) is 27.6. The molecule has 0 bridgehead atoms. The van der Waals surface area contributed by atoms with Crippen LogP contribution in [0.2, 0.25) is 0 Å². The van der Waals surface area contributed by atoms with E-state index in [-0.39, 0.29) is 12.4 Å². The zero-order valence-electron chi connectivity index (χ0n) is 16.5. The highest BCUT2D eigenvalue weighted by molar-refractivity contribution is 9.10. The molecule has 0 spiro atoms. The third-order valence-corrected chi connectivity index (χ3v) is 5.70. The molecule has 5 heteroatoms. The topological polar surface area (TPSA) is 64.7 Å². The van der Waals surface area contributed by atoms with Crippen LogP contribution in [-0.4, -0.2) is 18.3 Å². The minimum atomic E-state index is -0.986. The summed E-state index contributed by atoms with van der Waals surface area (Å²) in [6.45, 7) is 2.04. The maximum absolute atomic E-state index is 13.2. The zero-order chi connectivity index (χ0) is 21.1. The van der Waals surface area contributed by atoms with Crippen LogP contribution in [-0.2, 0) is 14.9 Å². The molecule has 0 fully saturated rings. The first-order chi connectivity index (χ1) is 14.6. The maximum Gasteiger partial charge on any atom is 0.339 e. The van der Waals surface area contributed by atoms with Gasteiger partial charge in [-0.1, -0.05) is 88.7 Å². The fraction of sp³-hybridized carbons (Fsp3) is 0.120. The molecular weight excluding hydrogens is 440 g/mol. The normalized spacial score (nSPS) is 15.1. The van der Waals surface area contributed by atoms with Crippen LogP contribution in [0.25, 0.3) is 0 Å². The van der Waals surface area contributed by atoms with Crippen LogP contribution < -0.4 is 5.73 Å². The Morgan fingerprint density at radius 2 is 1.57 bits per heavy atom. The molecule has 1 aliphatic rings. The lowest BCUT2D eigenvalue weighted by atomic mass is 9.65. The van der Waals surface area contributed by atoms with Gasteiger partial charge >= 0.3 is 5.97 Å². The number of carbonyl (C=O) groups is 1. The number of nitrogens with two attached hydrogens (primary N) is 1. The number of hydrogen-bond donors (Lipinski definition) is 1. The molecular formula is C25H21BrN2O2. The average molecular weight is 461 g/mol. The number of hydrogen-bond acceptors (Lipinski definition) is 4. The first kappa shape index (κ1) is 20.1. The molecule has 4 rings (SSSR count). The van der Waals surface area contributed by atoms with Gasteiger partial charge in [0.1, 0.15) is 11.4 Å². The standard InChI is InChI=1S/C25H21BrN2O2/c1-2-30-24(29)21-23(27)28-22(17-10-9-15-20(26)16-17)25(21,18-11-5-3-6-12-18)19-13-7-4-8-14-19/h3-16H,2,27H2,1H3. The Labute approximate surface area is 184 Å². The van der Waals surface area contributed by atoms with E-state index in [0.29, 0.717) is 11.3 Å². The Kier molecular flexibility index (Phi) is 5.55. The molecule has 0 amide bonds. The molecule has 0 saturated heterocycles. The van der Waals surface area contributed by atoms with Gasteiger partial charge in [-0.2, -0.15) is 0 Å². The summed E-state index contributed by atoms with van der Waals surface area (Å²) in [6.07, 6.45) is 0. The van der Waals surface area contributed by atoms with Crippen LogP contribution in [0.4, 0.5) is 0 Å². The second kappa shape index (κ2) is 8.28. The molecule has 1 aliphatic heterocycles. The minimum Gasteiger partial charge on any atom is -0.462 e. The molecule has 3 aromatic carbocycles. The van der Waals surface area contributed by atoms with Crippen LogP contribution >= 0.6 is 15.9 Å². The van der Waals surface area contributed by atoms with Crippen molar-refractivity contribution in [3.63, 3.8) is 0 Å². The minimum absolute atomic E-state index is 0.177. The van der Waals surface area contributed by atoms with Crippen molar-refractivity contribution >= 4 is 27.6 Å². The quantitative estimate of drug-likeness (QED) is 0.546. The van der Waals surface area contributed by atoms with Gasteiger partial charge in [0.2, 0.25) is 0 Å². The number of halogens is 1. The summed E-state index contributed by atoms with van der Waals surface area (Å²) < 4.78 is 6.36. The van der Waals surface area contributed by atoms with Crippen molar-refractivity contribution in [1.82, 2.24) is 0 Å². The van der Waals surface area contributed by atoms with Crippen molar-refractivity contribution in [3.8, 4) is 0 Å². The Hall–Kier alpha value is -3.18. The van der Waals surface area contributed by atoms with E-state index in [2.05, 4.69) is 15.9 Å². The molecule has 0 atom stereocenters. The predicted octanol–water partition coefficient (Wildman–Crippen LogP) is 4.97. The fourth-order valence-electron chi connectivity index (χ4n) is 4.05. The molecule has 0 aromatic heterocycles. The molecule has 0 unspecified atom stereocenters. The molecule has 1 heterocycles. The molecule has 4 nitrogen and oxygen atoms in total. The fourth-order valence-corrected chi connectivity index (χ4v) is 4.45. The number of nitrogens with zero attached hydrogens (tertiary/aromatic N) is 1. The van der Waals surface area contributed by atoms with Crippen LogP contribution in [0.15, 0.2) is 106 Å². The highest BCUT2D eigenvalue weighted by Crippen LogP contribution is 2.47. The van der Waals surface area contributed by atoms with Gasteiger partial charge in [0, 0.05) is 4.47 Å². The van der Waals surface area contributed by atoms with E-state index in [1.807, 2.05) is 84.9 Å². The van der Waals surface area contributed by atoms with E-state index in [0.717, 1.165) is 21.2 Å². The second-order valence-electron chi connectivity index (χ2n) is 6.93. The maximum atomic E-state index is 13.2. The van der Waals surface area contributed by atoms with E-state index >= 15 is 0 Å². The Balaban J connectivity index is 2.09. The lowest BCUT2D eigenvalue weighted by Gasteiger charge is -2.34. The zero-order valence-corrected chi connectivity index (χ0v) is 18.1. The van der Waals surface area contributed by atoms with Crippen molar-refractivity contribution in [2.45, 2.75) is 12.3 Å². The highest BCUT2D eigenvalue weighted by Gasteiger charge is 2.52. The van der Waals surface area contributed by atoms with Gasteiger partial charge in [0.25, 0.3) is 0 Å². The molecule has 2 N–H and O–H groups in total. The smallest absolute Gasteiger partial charge is 0.339 e. The van der Waals surface area contributed by atoms with E-state index in [1.54, 1.807) is 6.92 Å². The molecule has 150 valence electrons. The van der Waals surface area contributed by atoms with Crippen LogP contribution in [0, 0.1) is 0 Å². The van der Waals surface area contributed by atoms with Gasteiger partial charge in [0.05, 0.1) is 17.7 Å². The van der Waals surface area contributed by atoms with Crippen molar-refractivity contribution in [2.24, 2.45) is 10.7 Å². The number of aliphatic imine (C=N–C) groups is 1. The van der Waals surface area contributed by atoms with Crippen LogP contribution in [0.3, 0.4) is 0 Å². The second-order valence-corrected chi connectivity index (χ2v) is 7.85. The summed E-state index contributed by atoms with van der Waals surface area (Å²) in [5.41, 5.74) is 9.14. The molecule has 0 radical (unpaired) electrons. The van der Waals surface area contributed by atoms with E-state index < -0.39 is 11.4 Å². The summed E-state index contributed by atoms with van der Waals surface area (Å²) in [5.74, 6) is -0.285. The third kappa shape index (κ3) is 3.25. The average Bonchev–Trinajstić information content (AvgIpc) is 3.09. The summed E-state index contributed by atoms with van der Waals surface area (Å²) >= 11 is 3.55. The van der Waals surface area contributed by atoms with Crippen molar-refractivity contribution in [2.75, 3.05) is 6.61 Å². The predicted molar refractivity (Wildman–Crippen MR) is 122 cm³/mol. The molecule has 3 aromatic rings. The van der Waals surface area contributed by atoms with E-state index in [1.165, 1.54) is 0 Å². The lowest BCUT2D eigenvalue weighted by molar-refractivity contribution is -0.139. The van der Waals surface area contributed by atoms with Gasteiger partial charge in [-0.05, 0) is 35.7 Å². The van der Waals surface area contributed by atoms with Gasteiger partial charge in [0.15, 0.2) is 0 Å². The Bertz CT molecular complexity index is 1100. The summed E-state index contributed by atoms with van der Waals surface area (Å²) in [4.78, 5) is 18.0. The van der Waals surface area contributed by atoms with Gasteiger partial charge in [-0.3, -0.25) is 0 Å². The Morgan fingerprint density at radius 3 is 2.10 bits per heavy atom. The molecule has 30 heavy (non-hydrogen) atoms. The monoisotopic (exact) mass is 460 g/mol. The van der Waals surface area contributed by atoms with Crippen LogP contribution in [0.5, 0.6) is 0 Å². The van der Waals surface area contributed by atoms with E-state index in [9.17, 15) is 4.79 Å². The van der Waals surface area contributed by atoms with Gasteiger partial charge in [-0.15, -0.1) is 0 Å². The number of carbonyl (C=O) groups excluding carboxylic acids is 1. The first-order valence-corrected chi connectivity index (χ1v) is 10.5. The van der Waals surface area contributed by atoms with Crippen molar-refractivity contribution in [3.05, 3.63) is 117 Å². The highest BCUT2D eigenvalue weighted by atomic mass is 79.9. The third-order valence-electron chi connectivity index (χ3n) is 5.21. The number of esters is 1. The molecule has 0 saturated carbocycles.